The van der Waals surface area contributed by atoms with Gasteiger partial charge in [-0.1, -0.05) is 47.1 Å². The normalized spacial score (nSPS) is 12.7. The molecule has 1 heterocycles. The maximum Gasteiger partial charge on any atom is 0.417 e. The molecule has 0 aliphatic heterocycles. The summed E-state index contributed by atoms with van der Waals surface area (Å²) in [6.45, 7) is 2.90. The van der Waals surface area contributed by atoms with Crippen LogP contribution in [0, 0.1) is 0 Å². The number of aromatic amines is 1. The van der Waals surface area contributed by atoms with Gasteiger partial charge in [0.15, 0.2) is 5.58 Å². The van der Waals surface area contributed by atoms with Gasteiger partial charge in [0.2, 0.25) is 0 Å². The van der Waals surface area contributed by atoms with Gasteiger partial charge in [-0.25, -0.2) is 4.79 Å². The number of fused-ring (bicyclic) bond motifs is 1. The van der Waals surface area contributed by atoms with E-state index in [0.717, 1.165) is 22.1 Å². The molecule has 0 fully saturated rings. The van der Waals surface area contributed by atoms with Gasteiger partial charge in [0.05, 0.1) is 11.6 Å². The van der Waals surface area contributed by atoms with Gasteiger partial charge in [-0.3, -0.25) is 4.98 Å². The van der Waals surface area contributed by atoms with Crippen molar-refractivity contribution in [3.63, 3.8) is 0 Å². The summed E-state index contributed by atoms with van der Waals surface area (Å²) in [4.78, 5) is 13.9. The topological polar surface area (TPSA) is 58.0 Å². The molecule has 0 aliphatic carbocycles. The molecule has 108 valence electrons. The Morgan fingerprint density at radius 1 is 1.29 bits per heavy atom. The molecule has 3 rings (SSSR count). The Balaban J connectivity index is 2.10. The first kappa shape index (κ1) is 14.1. The van der Waals surface area contributed by atoms with Crippen LogP contribution in [0.15, 0.2) is 56.1 Å². The zero-order chi connectivity index (χ0) is 14.8. The van der Waals surface area contributed by atoms with Gasteiger partial charge in [0, 0.05) is 4.47 Å². The summed E-state index contributed by atoms with van der Waals surface area (Å²) in [7, 11) is 0. The molecule has 1 atom stereocenters. The lowest BCUT2D eigenvalue weighted by molar-refractivity contribution is 0.553. The average molecular weight is 347 g/mol. The van der Waals surface area contributed by atoms with Gasteiger partial charge in [-0.05, 0) is 35.9 Å². The van der Waals surface area contributed by atoms with Crippen molar-refractivity contribution >= 4 is 27.0 Å². The summed E-state index contributed by atoms with van der Waals surface area (Å²) in [5.74, 6) is -0.428. The number of oxazole rings is 1. The van der Waals surface area contributed by atoms with Crippen LogP contribution in [0.2, 0.25) is 0 Å². The Labute approximate surface area is 130 Å². The first-order valence-electron chi connectivity index (χ1n) is 6.79. The van der Waals surface area contributed by atoms with Crippen molar-refractivity contribution in [2.45, 2.75) is 13.0 Å². The summed E-state index contributed by atoms with van der Waals surface area (Å²) in [5.41, 5.74) is 3.49. The standard InChI is InChI=1S/C16H15BrN2O2/c1-2-18-15(11-5-3-4-6-12(11)17)10-7-8-13-14(9-10)21-16(20)19-13/h3-9,15,18H,2H2,1H3,(H,19,20). The van der Waals surface area contributed by atoms with Crippen LogP contribution in [-0.4, -0.2) is 11.5 Å². The van der Waals surface area contributed by atoms with Gasteiger partial charge in [0.25, 0.3) is 0 Å². The minimum Gasteiger partial charge on any atom is -0.408 e. The highest BCUT2D eigenvalue weighted by Crippen LogP contribution is 2.29. The average Bonchev–Trinajstić information content (AvgIpc) is 2.85. The van der Waals surface area contributed by atoms with E-state index in [2.05, 4.69) is 39.2 Å². The smallest absolute Gasteiger partial charge is 0.408 e. The third kappa shape index (κ3) is 2.80. The zero-order valence-electron chi connectivity index (χ0n) is 11.5. The lowest BCUT2D eigenvalue weighted by Crippen LogP contribution is -2.22. The van der Waals surface area contributed by atoms with Crippen LogP contribution in [0.3, 0.4) is 0 Å². The monoisotopic (exact) mass is 346 g/mol. The number of benzene rings is 2. The largest absolute Gasteiger partial charge is 0.417 e. The quantitative estimate of drug-likeness (QED) is 0.758. The summed E-state index contributed by atoms with van der Waals surface area (Å²) in [6.07, 6.45) is 0. The van der Waals surface area contributed by atoms with Gasteiger partial charge >= 0.3 is 5.76 Å². The molecule has 21 heavy (non-hydrogen) atoms. The SMILES string of the molecule is CCNC(c1ccc2[nH]c(=O)oc2c1)c1ccccc1Br. The van der Waals surface area contributed by atoms with E-state index < -0.39 is 5.76 Å². The minimum atomic E-state index is -0.428. The lowest BCUT2D eigenvalue weighted by Gasteiger charge is -2.20. The Kier molecular flexibility index (Phi) is 3.94. The van der Waals surface area contributed by atoms with Gasteiger partial charge < -0.3 is 9.73 Å². The number of hydrogen-bond donors (Lipinski definition) is 2. The first-order chi connectivity index (χ1) is 10.2. The van der Waals surface area contributed by atoms with Crippen LogP contribution < -0.4 is 11.1 Å². The first-order valence-corrected chi connectivity index (χ1v) is 7.59. The molecule has 0 saturated heterocycles. The fourth-order valence-electron chi connectivity index (χ4n) is 2.46. The second kappa shape index (κ2) is 5.87. The van der Waals surface area contributed by atoms with E-state index in [4.69, 9.17) is 4.42 Å². The Morgan fingerprint density at radius 3 is 2.86 bits per heavy atom. The maximum atomic E-state index is 11.3. The van der Waals surface area contributed by atoms with E-state index in [1.165, 1.54) is 0 Å². The number of nitrogens with one attached hydrogen (secondary N) is 2. The van der Waals surface area contributed by atoms with Crippen LogP contribution in [0.4, 0.5) is 0 Å². The van der Waals surface area contributed by atoms with Crippen molar-refractivity contribution in [3.8, 4) is 0 Å². The van der Waals surface area contributed by atoms with Crippen LogP contribution >= 0.6 is 15.9 Å². The molecule has 0 aliphatic rings. The predicted molar refractivity (Wildman–Crippen MR) is 86.5 cm³/mol. The van der Waals surface area contributed by atoms with E-state index >= 15 is 0 Å². The second-order valence-corrected chi connectivity index (χ2v) is 5.64. The number of rotatable bonds is 4. The highest BCUT2D eigenvalue weighted by atomic mass is 79.9. The fourth-order valence-corrected chi connectivity index (χ4v) is 2.98. The van der Waals surface area contributed by atoms with E-state index in [0.29, 0.717) is 11.1 Å². The van der Waals surface area contributed by atoms with E-state index in [-0.39, 0.29) is 6.04 Å². The summed E-state index contributed by atoms with van der Waals surface area (Å²) < 4.78 is 6.20. The Bertz CT molecular complexity index is 822. The molecular formula is C16H15BrN2O2. The summed E-state index contributed by atoms with van der Waals surface area (Å²) >= 11 is 3.60. The van der Waals surface area contributed by atoms with Gasteiger partial charge in [-0.2, -0.15) is 0 Å². The molecule has 0 radical (unpaired) electrons. The van der Waals surface area contributed by atoms with E-state index in [1.54, 1.807) is 0 Å². The van der Waals surface area contributed by atoms with Crippen molar-refractivity contribution in [2.24, 2.45) is 0 Å². The number of hydrogen-bond acceptors (Lipinski definition) is 3. The van der Waals surface area contributed by atoms with Crippen molar-refractivity contribution in [2.75, 3.05) is 6.54 Å². The molecular weight excluding hydrogens is 332 g/mol. The highest BCUT2D eigenvalue weighted by Gasteiger charge is 2.16. The summed E-state index contributed by atoms with van der Waals surface area (Å²) in [5, 5.41) is 3.47. The van der Waals surface area contributed by atoms with Crippen molar-refractivity contribution < 1.29 is 4.42 Å². The number of aromatic nitrogens is 1. The van der Waals surface area contributed by atoms with Crippen LogP contribution in [-0.2, 0) is 0 Å². The molecule has 1 aromatic heterocycles. The van der Waals surface area contributed by atoms with E-state index in [1.807, 2.05) is 36.4 Å². The zero-order valence-corrected chi connectivity index (χ0v) is 13.1. The molecule has 0 spiro atoms. The molecule has 0 saturated carbocycles. The summed E-state index contributed by atoms with van der Waals surface area (Å²) in [6, 6.07) is 13.9. The molecule has 1 unspecified atom stereocenters. The number of halogens is 1. The molecule has 2 N–H and O–H groups in total. The Morgan fingerprint density at radius 2 is 2.10 bits per heavy atom. The van der Waals surface area contributed by atoms with Gasteiger partial charge in [-0.15, -0.1) is 0 Å². The van der Waals surface area contributed by atoms with E-state index in [9.17, 15) is 4.79 Å². The predicted octanol–water partition coefficient (Wildman–Crippen LogP) is 3.58. The molecule has 0 bridgehead atoms. The molecule has 5 heteroatoms. The third-order valence-electron chi connectivity index (χ3n) is 3.40. The van der Waals surface area contributed by atoms with Crippen LogP contribution in [0.5, 0.6) is 0 Å². The number of H-pyrrole nitrogens is 1. The highest BCUT2D eigenvalue weighted by molar-refractivity contribution is 9.10. The van der Waals surface area contributed by atoms with Crippen molar-refractivity contribution in [1.29, 1.82) is 0 Å². The van der Waals surface area contributed by atoms with Crippen molar-refractivity contribution in [1.82, 2.24) is 10.3 Å². The molecule has 4 nitrogen and oxygen atoms in total. The van der Waals surface area contributed by atoms with Crippen LogP contribution in [0.1, 0.15) is 24.1 Å². The third-order valence-corrected chi connectivity index (χ3v) is 4.13. The molecule has 0 amide bonds. The van der Waals surface area contributed by atoms with Gasteiger partial charge in [0.1, 0.15) is 0 Å². The fraction of sp³-hybridized carbons (Fsp3) is 0.188. The van der Waals surface area contributed by atoms with Crippen LogP contribution in [0.25, 0.3) is 11.1 Å². The Hall–Kier alpha value is -1.85. The second-order valence-electron chi connectivity index (χ2n) is 4.78. The molecule has 3 aromatic rings. The minimum absolute atomic E-state index is 0.0372. The lowest BCUT2D eigenvalue weighted by atomic mass is 9.98. The molecule has 2 aromatic carbocycles. The van der Waals surface area contributed by atoms with Crippen molar-refractivity contribution in [3.05, 3.63) is 68.6 Å². The maximum absolute atomic E-state index is 11.3.